The summed E-state index contributed by atoms with van der Waals surface area (Å²) in [5.41, 5.74) is 3.45. The highest BCUT2D eigenvalue weighted by molar-refractivity contribution is 6.02. The minimum Gasteiger partial charge on any atom is -0.350 e. The van der Waals surface area contributed by atoms with Gasteiger partial charge in [0.15, 0.2) is 0 Å². The Morgan fingerprint density at radius 1 is 1.05 bits per heavy atom. The second kappa shape index (κ2) is 5.63. The molecule has 4 heteroatoms. The van der Waals surface area contributed by atoms with Crippen LogP contribution in [0.3, 0.4) is 0 Å². The molecular weight excluding hydrogens is 264 g/mol. The van der Waals surface area contributed by atoms with Crippen molar-refractivity contribution in [3.63, 3.8) is 0 Å². The van der Waals surface area contributed by atoms with Crippen LogP contribution in [0.25, 0.3) is 11.3 Å². The van der Waals surface area contributed by atoms with Crippen molar-refractivity contribution in [3.05, 3.63) is 72.0 Å². The predicted octanol–water partition coefficient (Wildman–Crippen LogP) is 3.90. The summed E-state index contributed by atoms with van der Waals surface area (Å²) < 4.78 is 5.12. The zero-order valence-electron chi connectivity index (χ0n) is 11.5. The summed E-state index contributed by atoms with van der Waals surface area (Å²) in [7, 11) is 0. The van der Waals surface area contributed by atoms with Gasteiger partial charge in [-0.2, -0.15) is 0 Å². The highest BCUT2D eigenvalue weighted by Gasteiger charge is 2.14. The lowest BCUT2D eigenvalue weighted by Gasteiger charge is -2.00. The first-order valence-electron chi connectivity index (χ1n) is 6.62. The molecule has 0 aliphatic carbocycles. The number of amides is 1. The minimum absolute atomic E-state index is 0.189. The lowest BCUT2D eigenvalue weighted by molar-refractivity contribution is 0.0988. The molecule has 1 amide bonds. The summed E-state index contributed by atoms with van der Waals surface area (Å²) in [6.45, 7) is 2.02. The van der Waals surface area contributed by atoms with Crippen LogP contribution in [0.4, 0.5) is 5.69 Å². The number of hydrogen-bond acceptors (Lipinski definition) is 3. The number of carbonyl (C=O) groups excluding carboxylic acids is 1. The molecule has 0 aliphatic rings. The van der Waals surface area contributed by atoms with Crippen LogP contribution in [-0.2, 0) is 0 Å². The molecular formula is C17H14N2O2. The van der Waals surface area contributed by atoms with Crippen molar-refractivity contribution in [2.45, 2.75) is 6.92 Å². The molecule has 0 aliphatic heterocycles. The Kier molecular flexibility index (Phi) is 3.51. The van der Waals surface area contributed by atoms with Crippen LogP contribution in [-0.4, -0.2) is 11.1 Å². The number of aryl methyl sites for hydroxylation is 1. The SMILES string of the molecule is Cc1ccc(-c2cc(C(=O)Nc3ccccc3)on2)cc1. The summed E-state index contributed by atoms with van der Waals surface area (Å²) in [5, 5.41) is 6.70. The van der Waals surface area contributed by atoms with Gasteiger partial charge in [-0.05, 0) is 19.1 Å². The molecule has 0 saturated carbocycles. The molecule has 104 valence electrons. The molecule has 21 heavy (non-hydrogen) atoms. The molecule has 1 aromatic heterocycles. The maximum Gasteiger partial charge on any atom is 0.294 e. The second-order valence-electron chi connectivity index (χ2n) is 4.76. The molecule has 2 aromatic carbocycles. The molecule has 3 aromatic rings. The lowest BCUT2D eigenvalue weighted by Crippen LogP contribution is -2.10. The number of aromatic nitrogens is 1. The Balaban J connectivity index is 1.78. The van der Waals surface area contributed by atoms with Crippen LogP contribution >= 0.6 is 0 Å². The van der Waals surface area contributed by atoms with Gasteiger partial charge in [-0.15, -0.1) is 0 Å². The molecule has 1 N–H and O–H groups in total. The van der Waals surface area contributed by atoms with E-state index in [-0.39, 0.29) is 11.7 Å². The van der Waals surface area contributed by atoms with Crippen molar-refractivity contribution in [2.24, 2.45) is 0 Å². The maximum atomic E-state index is 12.1. The van der Waals surface area contributed by atoms with E-state index in [1.807, 2.05) is 61.5 Å². The third-order valence-corrected chi connectivity index (χ3v) is 3.11. The zero-order valence-corrected chi connectivity index (χ0v) is 11.5. The molecule has 0 atom stereocenters. The van der Waals surface area contributed by atoms with Gasteiger partial charge in [0, 0.05) is 17.3 Å². The third kappa shape index (κ3) is 3.00. The number of rotatable bonds is 3. The van der Waals surface area contributed by atoms with E-state index in [9.17, 15) is 4.79 Å². The van der Waals surface area contributed by atoms with E-state index in [2.05, 4.69) is 10.5 Å². The average molecular weight is 278 g/mol. The minimum atomic E-state index is -0.313. The Hall–Kier alpha value is -2.88. The van der Waals surface area contributed by atoms with Crippen LogP contribution < -0.4 is 5.32 Å². The van der Waals surface area contributed by atoms with E-state index >= 15 is 0 Å². The molecule has 4 nitrogen and oxygen atoms in total. The highest BCUT2D eigenvalue weighted by Crippen LogP contribution is 2.20. The van der Waals surface area contributed by atoms with E-state index in [1.54, 1.807) is 6.07 Å². The predicted molar refractivity (Wildman–Crippen MR) is 81.1 cm³/mol. The normalized spacial score (nSPS) is 10.3. The van der Waals surface area contributed by atoms with Gasteiger partial charge in [-0.3, -0.25) is 4.79 Å². The summed E-state index contributed by atoms with van der Waals surface area (Å²) in [6.07, 6.45) is 0. The second-order valence-corrected chi connectivity index (χ2v) is 4.76. The quantitative estimate of drug-likeness (QED) is 0.790. The fraction of sp³-hybridized carbons (Fsp3) is 0.0588. The van der Waals surface area contributed by atoms with Crippen molar-refractivity contribution < 1.29 is 9.32 Å². The summed E-state index contributed by atoms with van der Waals surface area (Å²) in [5.74, 6) is -0.124. The van der Waals surface area contributed by atoms with Crippen LogP contribution in [0.15, 0.2) is 65.2 Å². The summed E-state index contributed by atoms with van der Waals surface area (Å²) in [4.78, 5) is 12.1. The van der Waals surface area contributed by atoms with Gasteiger partial charge in [0.25, 0.3) is 5.91 Å². The van der Waals surface area contributed by atoms with E-state index in [0.29, 0.717) is 5.69 Å². The number of nitrogens with zero attached hydrogens (tertiary/aromatic N) is 1. The van der Waals surface area contributed by atoms with Gasteiger partial charge < -0.3 is 9.84 Å². The van der Waals surface area contributed by atoms with Gasteiger partial charge in [-0.25, -0.2) is 0 Å². The van der Waals surface area contributed by atoms with Gasteiger partial charge in [0.1, 0.15) is 5.69 Å². The maximum absolute atomic E-state index is 12.1. The van der Waals surface area contributed by atoms with Gasteiger partial charge >= 0.3 is 0 Å². The Morgan fingerprint density at radius 2 is 1.76 bits per heavy atom. The third-order valence-electron chi connectivity index (χ3n) is 3.11. The van der Waals surface area contributed by atoms with E-state index in [1.165, 1.54) is 5.56 Å². The number of carbonyl (C=O) groups is 1. The van der Waals surface area contributed by atoms with E-state index < -0.39 is 0 Å². The molecule has 0 radical (unpaired) electrons. The van der Waals surface area contributed by atoms with Gasteiger partial charge in [0.05, 0.1) is 0 Å². The van der Waals surface area contributed by atoms with Crippen LogP contribution in [0.2, 0.25) is 0 Å². The number of nitrogens with one attached hydrogen (secondary N) is 1. The molecule has 0 fully saturated rings. The van der Waals surface area contributed by atoms with Crippen molar-refractivity contribution >= 4 is 11.6 Å². The number of anilines is 1. The molecule has 0 saturated heterocycles. The largest absolute Gasteiger partial charge is 0.350 e. The van der Waals surface area contributed by atoms with Crippen LogP contribution in [0.5, 0.6) is 0 Å². The Bertz CT molecular complexity index is 746. The smallest absolute Gasteiger partial charge is 0.294 e. The monoisotopic (exact) mass is 278 g/mol. The molecule has 0 bridgehead atoms. The molecule has 0 spiro atoms. The first kappa shape index (κ1) is 13.1. The Morgan fingerprint density at radius 3 is 2.48 bits per heavy atom. The van der Waals surface area contributed by atoms with Crippen molar-refractivity contribution in [3.8, 4) is 11.3 Å². The van der Waals surface area contributed by atoms with E-state index in [0.717, 1.165) is 11.3 Å². The Labute approximate surface area is 122 Å². The van der Waals surface area contributed by atoms with Crippen LogP contribution in [0, 0.1) is 6.92 Å². The first-order valence-corrected chi connectivity index (χ1v) is 6.62. The standard InChI is InChI=1S/C17H14N2O2/c1-12-7-9-13(10-8-12)15-11-16(21-19-15)17(20)18-14-5-3-2-4-6-14/h2-11H,1H3,(H,18,20). The van der Waals surface area contributed by atoms with E-state index in [4.69, 9.17) is 4.52 Å². The molecule has 0 unspecified atom stereocenters. The topological polar surface area (TPSA) is 55.1 Å². The number of para-hydroxylation sites is 1. The van der Waals surface area contributed by atoms with Crippen LogP contribution in [0.1, 0.15) is 16.1 Å². The first-order chi connectivity index (χ1) is 10.2. The fourth-order valence-corrected chi connectivity index (χ4v) is 1.96. The average Bonchev–Trinajstić information content (AvgIpc) is 2.99. The van der Waals surface area contributed by atoms with Gasteiger partial charge in [-0.1, -0.05) is 53.2 Å². The van der Waals surface area contributed by atoms with Crippen molar-refractivity contribution in [1.29, 1.82) is 0 Å². The lowest BCUT2D eigenvalue weighted by atomic mass is 10.1. The van der Waals surface area contributed by atoms with Crippen molar-refractivity contribution in [1.82, 2.24) is 5.16 Å². The van der Waals surface area contributed by atoms with Crippen molar-refractivity contribution in [2.75, 3.05) is 5.32 Å². The number of hydrogen-bond donors (Lipinski definition) is 1. The zero-order chi connectivity index (χ0) is 14.7. The summed E-state index contributed by atoms with van der Waals surface area (Å²) >= 11 is 0. The molecule has 3 rings (SSSR count). The highest BCUT2D eigenvalue weighted by atomic mass is 16.5. The summed E-state index contributed by atoms with van der Waals surface area (Å²) in [6, 6.07) is 18.8. The fourth-order valence-electron chi connectivity index (χ4n) is 1.96. The van der Waals surface area contributed by atoms with Gasteiger partial charge in [0.2, 0.25) is 5.76 Å². The molecule has 1 heterocycles. The number of benzene rings is 2.